The molecule has 25 heavy (non-hydrogen) atoms. The summed E-state index contributed by atoms with van der Waals surface area (Å²) in [4.78, 5) is 9.00. The molecular formula is C19H22N4OS. The maximum absolute atomic E-state index is 5.96. The highest BCUT2D eigenvalue weighted by Crippen LogP contribution is 2.26. The van der Waals surface area contributed by atoms with Crippen LogP contribution in [0.25, 0.3) is 5.82 Å². The van der Waals surface area contributed by atoms with Gasteiger partial charge in [0.25, 0.3) is 0 Å². The van der Waals surface area contributed by atoms with Gasteiger partial charge in [-0.1, -0.05) is 37.7 Å². The van der Waals surface area contributed by atoms with Gasteiger partial charge in [0.05, 0.1) is 5.69 Å². The van der Waals surface area contributed by atoms with Crippen molar-refractivity contribution < 1.29 is 4.74 Å². The van der Waals surface area contributed by atoms with Crippen LogP contribution in [0, 0.1) is 13.8 Å². The Bertz CT molecular complexity index is 872. The van der Waals surface area contributed by atoms with Crippen LogP contribution in [-0.4, -0.2) is 26.0 Å². The minimum absolute atomic E-state index is 0.494. The fourth-order valence-corrected chi connectivity index (χ4v) is 2.91. The fourth-order valence-electron chi connectivity index (χ4n) is 2.55. The number of ether oxygens (including phenoxy) is 1. The zero-order valence-electron chi connectivity index (χ0n) is 15.1. The SMILES string of the molecule is CSc1nc(Oc2ccc(C(C)C)cc2)cc(-n2nc(C)cc2C)n1. The Hall–Kier alpha value is -2.34. The van der Waals surface area contributed by atoms with Gasteiger partial charge in [-0.05, 0) is 49.8 Å². The van der Waals surface area contributed by atoms with E-state index in [1.54, 1.807) is 0 Å². The van der Waals surface area contributed by atoms with Crippen LogP contribution < -0.4 is 4.74 Å². The predicted octanol–water partition coefficient (Wildman–Crippen LogP) is 4.92. The summed E-state index contributed by atoms with van der Waals surface area (Å²) in [5.41, 5.74) is 3.26. The van der Waals surface area contributed by atoms with E-state index in [-0.39, 0.29) is 0 Å². The molecule has 0 saturated carbocycles. The van der Waals surface area contributed by atoms with Gasteiger partial charge in [-0.2, -0.15) is 10.1 Å². The molecule has 0 unspecified atom stereocenters. The smallest absolute Gasteiger partial charge is 0.225 e. The van der Waals surface area contributed by atoms with Crippen molar-refractivity contribution in [2.24, 2.45) is 0 Å². The van der Waals surface area contributed by atoms with Gasteiger partial charge < -0.3 is 4.74 Å². The Labute approximate surface area is 152 Å². The number of thioether (sulfide) groups is 1. The van der Waals surface area contributed by atoms with Crippen LogP contribution in [0.5, 0.6) is 11.6 Å². The predicted molar refractivity (Wildman–Crippen MR) is 101 cm³/mol. The molecule has 5 nitrogen and oxygen atoms in total. The first-order chi connectivity index (χ1) is 12.0. The molecule has 3 aromatic rings. The highest BCUT2D eigenvalue weighted by Gasteiger charge is 2.11. The van der Waals surface area contributed by atoms with Crippen molar-refractivity contribution in [3.8, 4) is 17.4 Å². The molecule has 0 atom stereocenters. The molecule has 0 aliphatic rings. The normalized spacial score (nSPS) is 11.1. The fraction of sp³-hybridized carbons (Fsp3) is 0.316. The van der Waals surface area contributed by atoms with Crippen molar-refractivity contribution in [3.05, 3.63) is 53.3 Å². The molecule has 6 heteroatoms. The summed E-state index contributed by atoms with van der Waals surface area (Å²) < 4.78 is 7.77. The first-order valence-corrected chi connectivity index (χ1v) is 9.43. The van der Waals surface area contributed by atoms with Crippen LogP contribution in [0.2, 0.25) is 0 Å². The van der Waals surface area contributed by atoms with Crippen molar-refractivity contribution in [3.63, 3.8) is 0 Å². The largest absolute Gasteiger partial charge is 0.439 e. The summed E-state index contributed by atoms with van der Waals surface area (Å²) in [6.45, 7) is 8.32. The Kier molecular flexibility index (Phi) is 5.08. The van der Waals surface area contributed by atoms with Crippen LogP contribution in [-0.2, 0) is 0 Å². The topological polar surface area (TPSA) is 52.8 Å². The van der Waals surface area contributed by atoms with Gasteiger partial charge in [-0.25, -0.2) is 9.67 Å². The number of rotatable bonds is 5. The first kappa shape index (κ1) is 17.5. The lowest BCUT2D eigenvalue weighted by Crippen LogP contribution is -2.04. The molecule has 0 saturated heterocycles. The molecule has 0 amide bonds. The van der Waals surface area contributed by atoms with Crippen molar-refractivity contribution in [2.75, 3.05) is 6.26 Å². The third-order valence-electron chi connectivity index (χ3n) is 3.85. The van der Waals surface area contributed by atoms with Crippen molar-refractivity contribution >= 4 is 11.8 Å². The molecule has 2 aromatic heterocycles. The van der Waals surface area contributed by atoms with Crippen LogP contribution in [0.4, 0.5) is 0 Å². The highest BCUT2D eigenvalue weighted by molar-refractivity contribution is 7.98. The van der Waals surface area contributed by atoms with Gasteiger partial charge >= 0.3 is 0 Å². The quantitative estimate of drug-likeness (QED) is 0.481. The van der Waals surface area contributed by atoms with Crippen LogP contribution in [0.15, 0.2) is 41.6 Å². The Morgan fingerprint density at radius 3 is 2.32 bits per heavy atom. The van der Waals surface area contributed by atoms with Crippen LogP contribution >= 0.6 is 11.8 Å². The molecular weight excluding hydrogens is 332 g/mol. The molecule has 0 fully saturated rings. The molecule has 0 radical (unpaired) electrons. The Morgan fingerprint density at radius 2 is 1.76 bits per heavy atom. The number of aromatic nitrogens is 4. The average molecular weight is 354 g/mol. The van der Waals surface area contributed by atoms with Gasteiger partial charge in [0.1, 0.15) is 5.75 Å². The van der Waals surface area contributed by atoms with E-state index in [2.05, 4.69) is 41.0 Å². The molecule has 2 heterocycles. The zero-order valence-corrected chi connectivity index (χ0v) is 16.0. The molecule has 0 aliphatic carbocycles. The van der Waals surface area contributed by atoms with E-state index in [1.807, 2.05) is 49.1 Å². The van der Waals surface area contributed by atoms with Crippen LogP contribution in [0.1, 0.15) is 36.7 Å². The zero-order chi connectivity index (χ0) is 18.0. The summed E-state index contributed by atoms with van der Waals surface area (Å²) in [6, 6.07) is 11.9. The van der Waals surface area contributed by atoms with Crippen molar-refractivity contribution in [1.29, 1.82) is 0 Å². The Morgan fingerprint density at radius 1 is 1.04 bits per heavy atom. The molecule has 0 N–H and O–H groups in total. The average Bonchev–Trinajstić information content (AvgIpc) is 2.93. The maximum Gasteiger partial charge on any atom is 0.225 e. The number of hydrogen-bond donors (Lipinski definition) is 0. The molecule has 0 spiro atoms. The van der Waals surface area contributed by atoms with Gasteiger partial charge in [-0.3, -0.25) is 0 Å². The number of nitrogens with zero attached hydrogens (tertiary/aromatic N) is 4. The number of benzene rings is 1. The molecule has 0 aliphatic heterocycles. The molecule has 3 rings (SSSR count). The van der Waals surface area contributed by atoms with E-state index >= 15 is 0 Å². The van der Waals surface area contributed by atoms with E-state index in [4.69, 9.17) is 4.74 Å². The summed E-state index contributed by atoms with van der Waals surface area (Å²) in [6.07, 6.45) is 1.95. The molecule has 1 aromatic carbocycles. The molecule has 0 bridgehead atoms. The second-order valence-electron chi connectivity index (χ2n) is 6.22. The molecule has 130 valence electrons. The third kappa shape index (κ3) is 4.02. The number of hydrogen-bond acceptors (Lipinski definition) is 5. The first-order valence-electron chi connectivity index (χ1n) is 8.21. The van der Waals surface area contributed by atoms with E-state index < -0.39 is 0 Å². The van der Waals surface area contributed by atoms with Crippen molar-refractivity contribution in [1.82, 2.24) is 19.7 Å². The van der Waals surface area contributed by atoms with Gasteiger partial charge in [-0.15, -0.1) is 0 Å². The lowest BCUT2D eigenvalue weighted by atomic mass is 10.0. The second kappa shape index (κ2) is 7.27. The van der Waals surface area contributed by atoms with E-state index in [9.17, 15) is 0 Å². The standard InChI is InChI=1S/C19H22N4OS/c1-12(2)15-6-8-16(9-7-15)24-18-11-17(20-19(21-18)25-5)23-14(4)10-13(3)22-23/h6-12H,1-5H3. The van der Waals surface area contributed by atoms with E-state index in [0.717, 1.165) is 17.1 Å². The Balaban J connectivity index is 1.93. The monoisotopic (exact) mass is 354 g/mol. The van der Waals surface area contributed by atoms with Gasteiger partial charge in [0.15, 0.2) is 11.0 Å². The third-order valence-corrected chi connectivity index (χ3v) is 4.39. The highest BCUT2D eigenvalue weighted by atomic mass is 32.2. The maximum atomic E-state index is 5.96. The van der Waals surface area contributed by atoms with Crippen LogP contribution in [0.3, 0.4) is 0 Å². The lowest BCUT2D eigenvalue weighted by molar-refractivity contribution is 0.454. The lowest BCUT2D eigenvalue weighted by Gasteiger charge is -2.10. The van der Waals surface area contributed by atoms with Gasteiger partial charge in [0, 0.05) is 11.8 Å². The minimum atomic E-state index is 0.494. The van der Waals surface area contributed by atoms with Gasteiger partial charge in [0.2, 0.25) is 5.88 Å². The second-order valence-corrected chi connectivity index (χ2v) is 6.99. The summed E-state index contributed by atoms with van der Waals surface area (Å²) in [7, 11) is 0. The summed E-state index contributed by atoms with van der Waals surface area (Å²) >= 11 is 1.48. The summed E-state index contributed by atoms with van der Waals surface area (Å²) in [5, 5.41) is 5.15. The van der Waals surface area contributed by atoms with Crippen molar-refractivity contribution in [2.45, 2.75) is 38.8 Å². The van der Waals surface area contributed by atoms with E-state index in [1.165, 1.54) is 17.3 Å². The minimum Gasteiger partial charge on any atom is -0.439 e. The summed E-state index contributed by atoms with van der Waals surface area (Å²) in [5.74, 6) is 2.47. The van der Waals surface area contributed by atoms with E-state index in [0.29, 0.717) is 22.8 Å². The number of aryl methyl sites for hydroxylation is 2.